The standard InChI is InChI=1S/C28H38N2O8S.ClH/c1-20-16-21-17-25(35-2)26(36-3)18-22(21)19-30(20)12-4-5-13-38-23-6-8-24(9-7-23)39(33,34)28(27(31)29-32)10-14-37-15-11-28;/h6-9,17-18,20,32H,4-5,10-16,19H2,1-3H3,(H,29,31);1H. The van der Waals surface area contributed by atoms with Crippen LogP contribution in [-0.2, 0) is 32.3 Å². The van der Waals surface area contributed by atoms with Crippen LogP contribution in [0.3, 0.4) is 0 Å². The Bertz CT molecular complexity index is 1250. The van der Waals surface area contributed by atoms with Gasteiger partial charge in [-0.2, -0.15) is 0 Å². The number of nitrogens with one attached hydrogen (secondary N) is 1. The first-order valence-corrected chi connectivity index (χ1v) is 14.7. The molecule has 12 heteroatoms. The van der Waals surface area contributed by atoms with Gasteiger partial charge < -0.3 is 18.9 Å². The van der Waals surface area contributed by atoms with Crippen molar-refractivity contribution in [3.63, 3.8) is 0 Å². The highest BCUT2D eigenvalue weighted by atomic mass is 35.5. The number of sulfone groups is 1. The molecular weight excluding hydrogens is 560 g/mol. The molecule has 1 amide bonds. The molecule has 2 heterocycles. The molecule has 0 spiro atoms. The van der Waals surface area contributed by atoms with Crippen molar-refractivity contribution in [3.05, 3.63) is 47.5 Å². The smallest absolute Gasteiger partial charge is 0.265 e. The average Bonchev–Trinajstić information content (AvgIpc) is 2.96. The molecule has 1 unspecified atom stereocenters. The van der Waals surface area contributed by atoms with Gasteiger partial charge in [0.05, 0.1) is 25.7 Å². The second kappa shape index (κ2) is 13.9. The van der Waals surface area contributed by atoms with Crippen LogP contribution in [0.4, 0.5) is 0 Å². The molecule has 40 heavy (non-hydrogen) atoms. The second-order valence-corrected chi connectivity index (χ2v) is 12.3. The maximum absolute atomic E-state index is 13.4. The Balaban J connectivity index is 0.00000441. The number of carbonyl (C=O) groups is 1. The van der Waals surface area contributed by atoms with Crippen LogP contribution in [0.15, 0.2) is 41.3 Å². The highest BCUT2D eigenvalue weighted by Crippen LogP contribution is 2.36. The molecule has 0 saturated carbocycles. The quantitative estimate of drug-likeness (QED) is 0.227. The molecule has 1 fully saturated rings. The SMILES string of the molecule is COc1cc2c(cc1OC)CN(CCCCOc1ccc(S(=O)(=O)C3(C(=O)NO)CCOCC3)cc1)C(C)C2.Cl. The summed E-state index contributed by atoms with van der Waals surface area (Å²) in [4.78, 5) is 14.9. The summed E-state index contributed by atoms with van der Waals surface area (Å²) in [5, 5.41) is 9.19. The number of methoxy groups -OCH3 is 2. The number of hydrogen-bond acceptors (Lipinski definition) is 9. The Hall–Kier alpha value is -2.57. The average molecular weight is 599 g/mol. The monoisotopic (exact) mass is 598 g/mol. The van der Waals surface area contributed by atoms with E-state index in [1.165, 1.54) is 28.7 Å². The number of rotatable bonds is 11. The van der Waals surface area contributed by atoms with Crippen LogP contribution in [-0.4, -0.2) is 75.8 Å². The molecule has 2 aromatic carbocycles. The van der Waals surface area contributed by atoms with E-state index >= 15 is 0 Å². The number of nitrogens with zero attached hydrogens (tertiary/aromatic N) is 1. The topological polar surface area (TPSA) is 124 Å². The molecule has 0 aromatic heterocycles. The molecule has 1 atom stereocenters. The van der Waals surface area contributed by atoms with E-state index in [4.69, 9.17) is 18.9 Å². The fourth-order valence-electron chi connectivity index (χ4n) is 5.39. The molecule has 222 valence electrons. The predicted molar refractivity (Wildman–Crippen MR) is 151 cm³/mol. The molecule has 2 aliphatic heterocycles. The maximum atomic E-state index is 13.4. The van der Waals surface area contributed by atoms with Gasteiger partial charge in [0.2, 0.25) is 0 Å². The van der Waals surface area contributed by atoms with Crippen LogP contribution in [0.2, 0.25) is 0 Å². The van der Waals surface area contributed by atoms with Gasteiger partial charge in [-0.3, -0.25) is 14.9 Å². The molecule has 1 saturated heterocycles. The van der Waals surface area contributed by atoms with Crippen molar-refractivity contribution in [2.45, 2.75) is 61.3 Å². The maximum Gasteiger partial charge on any atom is 0.265 e. The highest BCUT2D eigenvalue weighted by Gasteiger charge is 2.52. The summed E-state index contributed by atoms with van der Waals surface area (Å²) in [6.45, 7) is 4.79. The molecule has 0 aliphatic carbocycles. The van der Waals surface area contributed by atoms with Gasteiger partial charge in [-0.15, -0.1) is 12.4 Å². The highest BCUT2D eigenvalue weighted by molar-refractivity contribution is 7.93. The summed E-state index contributed by atoms with van der Waals surface area (Å²) < 4.78 is 47.0. The van der Waals surface area contributed by atoms with Gasteiger partial charge in [0.25, 0.3) is 5.91 Å². The molecule has 0 bridgehead atoms. The zero-order valence-corrected chi connectivity index (χ0v) is 24.8. The van der Waals surface area contributed by atoms with Crippen molar-refractivity contribution in [3.8, 4) is 17.2 Å². The third-order valence-corrected chi connectivity index (χ3v) is 10.3. The lowest BCUT2D eigenvalue weighted by molar-refractivity contribution is -0.134. The van der Waals surface area contributed by atoms with E-state index in [1.54, 1.807) is 26.4 Å². The zero-order valence-electron chi connectivity index (χ0n) is 23.2. The van der Waals surface area contributed by atoms with E-state index in [0.29, 0.717) is 18.4 Å². The van der Waals surface area contributed by atoms with Gasteiger partial charge in [-0.25, -0.2) is 13.9 Å². The summed E-state index contributed by atoms with van der Waals surface area (Å²) >= 11 is 0. The van der Waals surface area contributed by atoms with E-state index < -0.39 is 20.5 Å². The number of unbranched alkanes of at least 4 members (excludes halogenated alkanes) is 1. The van der Waals surface area contributed by atoms with Gasteiger partial charge in [-0.05, 0) is 93.1 Å². The summed E-state index contributed by atoms with van der Waals surface area (Å²) in [5.74, 6) is 1.13. The third kappa shape index (κ3) is 6.49. The van der Waals surface area contributed by atoms with Crippen molar-refractivity contribution in [1.29, 1.82) is 0 Å². The summed E-state index contributed by atoms with van der Waals surface area (Å²) in [6.07, 6.45) is 2.71. The molecule has 0 radical (unpaired) electrons. The van der Waals surface area contributed by atoms with E-state index in [2.05, 4.69) is 24.0 Å². The van der Waals surface area contributed by atoms with Crippen LogP contribution in [0.1, 0.15) is 43.7 Å². The fraction of sp³-hybridized carbons (Fsp3) is 0.536. The number of halogens is 1. The van der Waals surface area contributed by atoms with Crippen LogP contribution >= 0.6 is 12.4 Å². The lowest BCUT2D eigenvalue weighted by Gasteiger charge is -2.35. The van der Waals surface area contributed by atoms with Crippen LogP contribution < -0.4 is 19.7 Å². The van der Waals surface area contributed by atoms with Gasteiger partial charge in [0.15, 0.2) is 26.1 Å². The predicted octanol–water partition coefficient (Wildman–Crippen LogP) is 3.56. The first-order valence-electron chi connectivity index (χ1n) is 13.2. The van der Waals surface area contributed by atoms with Gasteiger partial charge in [0, 0.05) is 25.8 Å². The van der Waals surface area contributed by atoms with Crippen LogP contribution in [0.5, 0.6) is 17.2 Å². The largest absolute Gasteiger partial charge is 0.494 e. The van der Waals surface area contributed by atoms with Crippen LogP contribution in [0.25, 0.3) is 0 Å². The number of amides is 1. The Morgan fingerprint density at radius 2 is 1.70 bits per heavy atom. The summed E-state index contributed by atoms with van der Waals surface area (Å²) in [6, 6.07) is 10.7. The molecule has 2 N–H and O–H groups in total. The second-order valence-electron chi connectivity index (χ2n) is 10.1. The Kier molecular flexibility index (Phi) is 11.1. The summed E-state index contributed by atoms with van der Waals surface area (Å²) in [5.41, 5.74) is 4.09. The number of benzene rings is 2. The third-order valence-electron chi connectivity index (χ3n) is 7.79. The zero-order chi connectivity index (χ0) is 28.0. The first kappa shape index (κ1) is 32.0. The molecule has 4 rings (SSSR count). The van der Waals surface area contributed by atoms with Crippen molar-refractivity contribution in [1.82, 2.24) is 10.4 Å². The number of hydroxylamine groups is 1. The van der Waals surface area contributed by atoms with Crippen LogP contribution in [0, 0.1) is 0 Å². The lowest BCUT2D eigenvalue weighted by atomic mass is 9.94. The Morgan fingerprint density at radius 3 is 2.30 bits per heavy atom. The molecule has 10 nitrogen and oxygen atoms in total. The van der Waals surface area contributed by atoms with E-state index in [9.17, 15) is 18.4 Å². The van der Waals surface area contributed by atoms with Crippen molar-refractivity contribution >= 4 is 28.2 Å². The lowest BCUT2D eigenvalue weighted by Crippen LogP contribution is -2.54. The Labute approximate surface area is 242 Å². The number of carbonyl (C=O) groups excluding carboxylic acids is 1. The molecule has 2 aliphatic rings. The minimum Gasteiger partial charge on any atom is -0.494 e. The van der Waals surface area contributed by atoms with Gasteiger partial charge in [0.1, 0.15) is 5.75 Å². The van der Waals surface area contributed by atoms with E-state index in [0.717, 1.165) is 43.9 Å². The number of hydrogen-bond donors (Lipinski definition) is 2. The van der Waals surface area contributed by atoms with Crippen molar-refractivity contribution < 1.29 is 37.4 Å². The fourth-order valence-corrected chi connectivity index (χ4v) is 7.33. The molecule has 2 aromatic rings. The van der Waals surface area contributed by atoms with E-state index in [1.807, 2.05) is 0 Å². The van der Waals surface area contributed by atoms with Gasteiger partial charge >= 0.3 is 0 Å². The van der Waals surface area contributed by atoms with Crippen molar-refractivity contribution in [2.24, 2.45) is 0 Å². The minimum atomic E-state index is -4.06. The number of fused-ring (bicyclic) bond motifs is 1. The molecular formula is C28H39ClN2O8S. The first-order chi connectivity index (χ1) is 18.8. The minimum absolute atomic E-state index is 0. The van der Waals surface area contributed by atoms with E-state index in [-0.39, 0.29) is 43.4 Å². The van der Waals surface area contributed by atoms with Crippen molar-refractivity contribution in [2.75, 3.05) is 40.6 Å². The van der Waals surface area contributed by atoms with Gasteiger partial charge in [-0.1, -0.05) is 0 Å². The summed E-state index contributed by atoms with van der Waals surface area (Å²) in [7, 11) is -0.750. The Morgan fingerprint density at radius 1 is 1.07 bits per heavy atom. The number of ether oxygens (including phenoxy) is 4. The normalized spacial score (nSPS) is 18.6.